The molecule has 1 N–H and O–H groups in total. The number of hydrogen-bond acceptors (Lipinski definition) is 2. The first-order valence-electron chi connectivity index (χ1n) is 4.98. The van der Waals surface area contributed by atoms with E-state index in [-0.39, 0.29) is 16.9 Å². The average Bonchev–Trinajstić information content (AvgIpc) is 2.29. The Hall–Kier alpha value is -2.16. The summed E-state index contributed by atoms with van der Waals surface area (Å²) in [5.74, 6) is -0.248. The van der Waals surface area contributed by atoms with Crippen LogP contribution in [0.25, 0.3) is 0 Å². The number of hydrogen-bond donors (Lipinski definition) is 1. The molecule has 0 spiro atoms. The molecule has 0 atom stereocenters. The lowest BCUT2D eigenvalue weighted by atomic mass is 10.0. The van der Waals surface area contributed by atoms with Gasteiger partial charge in [0.05, 0.1) is 5.56 Å². The molecule has 0 saturated heterocycles. The molecule has 3 heteroatoms. The van der Waals surface area contributed by atoms with E-state index < -0.39 is 0 Å². The van der Waals surface area contributed by atoms with Crippen LogP contribution in [0.3, 0.4) is 0 Å². The van der Waals surface area contributed by atoms with Gasteiger partial charge in [-0.25, -0.2) is 0 Å². The van der Waals surface area contributed by atoms with Gasteiger partial charge in [-0.15, -0.1) is 0 Å². The van der Waals surface area contributed by atoms with Gasteiger partial charge >= 0.3 is 0 Å². The van der Waals surface area contributed by atoms with Gasteiger partial charge in [0, 0.05) is 11.3 Å². The van der Waals surface area contributed by atoms with Crippen molar-refractivity contribution in [2.75, 3.05) is 0 Å². The highest BCUT2D eigenvalue weighted by Crippen LogP contribution is 2.05. The van der Waals surface area contributed by atoms with E-state index in [0.29, 0.717) is 5.56 Å². The first-order valence-corrected chi connectivity index (χ1v) is 4.98. The summed E-state index contributed by atoms with van der Waals surface area (Å²) in [7, 11) is 0. The van der Waals surface area contributed by atoms with Gasteiger partial charge in [-0.05, 0) is 19.1 Å². The lowest BCUT2D eigenvalue weighted by Crippen LogP contribution is -2.18. The largest absolute Gasteiger partial charge is 0.326 e. The molecule has 1 aromatic heterocycles. The zero-order valence-corrected chi connectivity index (χ0v) is 8.86. The molecular formula is C13H11NO2. The Morgan fingerprint density at radius 2 is 1.75 bits per heavy atom. The van der Waals surface area contributed by atoms with E-state index in [1.807, 2.05) is 6.07 Å². The van der Waals surface area contributed by atoms with Crippen molar-refractivity contribution in [3.8, 4) is 0 Å². The predicted molar refractivity (Wildman–Crippen MR) is 61.7 cm³/mol. The molecular weight excluding hydrogens is 202 g/mol. The molecule has 0 radical (unpaired) electrons. The van der Waals surface area contributed by atoms with Gasteiger partial charge in [-0.1, -0.05) is 30.3 Å². The second kappa shape index (κ2) is 4.14. The quantitative estimate of drug-likeness (QED) is 0.775. The maximum absolute atomic E-state index is 12.0. The molecule has 0 aliphatic carbocycles. The molecule has 0 saturated carbocycles. The van der Waals surface area contributed by atoms with Gasteiger partial charge in [0.25, 0.3) is 5.56 Å². The van der Waals surface area contributed by atoms with E-state index in [0.717, 1.165) is 5.69 Å². The zero-order chi connectivity index (χ0) is 11.5. The van der Waals surface area contributed by atoms with Crippen LogP contribution >= 0.6 is 0 Å². The Bertz CT molecular complexity index is 570. The van der Waals surface area contributed by atoms with E-state index in [4.69, 9.17) is 0 Å². The molecule has 2 rings (SSSR count). The summed E-state index contributed by atoms with van der Waals surface area (Å²) in [6.07, 6.45) is 0. The van der Waals surface area contributed by atoms with Crippen LogP contribution in [-0.2, 0) is 0 Å². The summed E-state index contributed by atoms with van der Waals surface area (Å²) in [5, 5.41) is 0. The SMILES string of the molecule is Cc1ccc(C(=O)c2ccccc2)c(=O)[nH]1. The molecule has 0 amide bonds. The van der Waals surface area contributed by atoms with Crippen LogP contribution in [0.15, 0.2) is 47.3 Å². The number of carbonyl (C=O) groups is 1. The minimum absolute atomic E-state index is 0.178. The molecule has 0 bridgehead atoms. The third-order valence-electron chi connectivity index (χ3n) is 2.34. The molecule has 0 unspecified atom stereocenters. The molecule has 1 heterocycles. The van der Waals surface area contributed by atoms with Gasteiger partial charge in [-0.2, -0.15) is 0 Å². The smallest absolute Gasteiger partial charge is 0.259 e. The van der Waals surface area contributed by atoms with Crippen LogP contribution in [0.1, 0.15) is 21.6 Å². The summed E-state index contributed by atoms with van der Waals surface area (Å²) >= 11 is 0. The highest BCUT2D eigenvalue weighted by atomic mass is 16.1. The van der Waals surface area contributed by atoms with Crippen molar-refractivity contribution in [3.63, 3.8) is 0 Å². The lowest BCUT2D eigenvalue weighted by Gasteiger charge is -2.00. The monoisotopic (exact) mass is 213 g/mol. The topological polar surface area (TPSA) is 49.9 Å². The van der Waals surface area contributed by atoms with Crippen molar-refractivity contribution in [1.82, 2.24) is 4.98 Å². The molecule has 16 heavy (non-hydrogen) atoms. The van der Waals surface area contributed by atoms with Crippen LogP contribution in [0.5, 0.6) is 0 Å². The molecule has 3 nitrogen and oxygen atoms in total. The van der Waals surface area contributed by atoms with Crippen LogP contribution in [0.4, 0.5) is 0 Å². The van der Waals surface area contributed by atoms with Gasteiger partial charge in [-0.3, -0.25) is 9.59 Å². The second-order valence-corrected chi connectivity index (χ2v) is 3.58. The van der Waals surface area contributed by atoms with E-state index in [9.17, 15) is 9.59 Å². The average molecular weight is 213 g/mol. The van der Waals surface area contributed by atoms with Crippen LogP contribution in [-0.4, -0.2) is 10.8 Å². The van der Waals surface area contributed by atoms with E-state index in [1.165, 1.54) is 0 Å². The van der Waals surface area contributed by atoms with Crippen molar-refractivity contribution in [1.29, 1.82) is 0 Å². The summed E-state index contributed by atoms with van der Waals surface area (Å²) in [6.45, 7) is 1.78. The van der Waals surface area contributed by atoms with Crippen molar-refractivity contribution < 1.29 is 4.79 Å². The maximum Gasteiger partial charge on any atom is 0.259 e. The molecule has 1 aromatic carbocycles. The Balaban J connectivity index is 2.47. The Kier molecular flexibility index (Phi) is 2.68. The van der Waals surface area contributed by atoms with Crippen molar-refractivity contribution in [2.24, 2.45) is 0 Å². The number of aryl methyl sites for hydroxylation is 1. The minimum Gasteiger partial charge on any atom is -0.326 e. The summed E-state index contributed by atoms with van der Waals surface area (Å²) < 4.78 is 0. The number of nitrogens with one attached hydrogen (secondary N) is 1. The zero-order valence-electron chi connectivity index (χ0n) is 8.86. The van der Waals surface area contributed by atoms with Gasteiger partial charge < -0.3 is 4.98 Å². The normalized spacial score (nSPS) is 10.1. The molecule has 80 valence electrons. The summed E-state index contributed by atoms with van der Waals surface area (Å²) in [4.78, 5) is 26.1. The number of aromatic amines is 1. The third kappa shape index (κ3) is 1.93. The van der Waals surface area contributed by atoms with Crippen molar-refractivity contribution >= 4 is 5.78 Å². The van der Waals surface area contributed by atoms with Crippen molar-refractivity contribution in [2.45, 2.75) is 6.92 Å². The van der Waals surface area contributed by atoms with Crippen LogP contribution in [0, 0.1) is 6.92 Å². The van der Waals surface area contributed by atoms with Gasteiger partial charge in [0.1, 0.15) is 0 Å². The third-order valence-corrected chi connectivity index (χ3v) is 2.34. The first kappa shape index (κ1) is 10.4. The standard InChI is InChI=1S/C13H11NO2/c1-9-7-8-11(13(16)14-9)12(15)10-5-3-2-4-6-10/h2-8H,1H3,(H,14,16). The number of aromatic nitrogens is 1. The first-order chi connectivity index (χ1) is 7.68. The molecule has 0 aliphatic rings. The lowest BCUT2D eigenvalue weighted by molar-refractivity contribution is 0.103. The number of H-pyrrole nitrogens is 1. The number of carbonyl (C=O) groups excluding carboxylic acids is 1. The molecule has 2 aromatic rings. The molecule has 0 fully saturated rings. The van der Waals surface area contributed by atoms with Crippen LogP contribution in [0.2, 0.25) is 0 Å². The van der Waals surface area contributed by atoms with Crippen molar-refractivity contribution in [3.05, 3.63) is 69.6 Å². The fourth-order valence-corrected chi connectivity index (χ4v) is 1.50. The second-order valence-electron chi connectivity index (χ2n) is 3.58. The van der Waals surface area contributed by atoms with Gasteiger partial charge in [0.2, 0.25) is 0 Å². The number of benzene rings is 1. The fourth-order valence-electron chi connectivity index (χ4n) is 1.50. The summed E-state index contributed by atoms with van der Waals surface area (Å²) in [5.41, 5.74) is 1.11. The maximum atomic E-state index is 12.0. The number of pyridine rings is 1. The minimum atomic E-state index is -0.339. The number of rotatable bonds is 2. The Morgan fingerprint density at radius 3 is 2.38 bits per heavy atom. The predicted octanol–water partition coefficient (Wildman–Crippen LogP) is 1.91. The van der Waals surface area contributed by atoms with E-state index in [2.05, 4.69) is 4.98 Å². The fraction of sp³-hybridized carbons (Fsp3) is 0.0769. The molecule has 0 aliphatic heterocycles. The highest BCUT2D eigenvalue weighted by Gasteiger charge is 2.11. The van der Waals surface area contributed by atoms with E-state index in [1.54, 1.807) is 43.3 Å². The Morgan fingerprint density at radius 1 is 1.06 bits per heavy atom. The summed E-state index contributed by atoms with van der Waals surface area (Å²) in [6, 6.07) is 12.0. The number of ketones is 1. The highest BCUT2D eigenvalue weighted by molar-refractivity contribution is 6.08. The van der Waals surface area contributed by atoms with Crippen LogP contribution < -0.4 is 5.56 Å². The van der Waals surface area contributed by atoms with E-state index >= 15 is 0 Å². The Labute approximate surface area is 92.8 Å². The van der Waals surface area contributed by atoms with Gasteiger partial charge in [0.15, 0.2) is 5.78 Å².